The summed E-state index contributed by atoms with van der Waals surface area (Å²) < 4.78 is 0. The molecule has 2 N–H and O–H groups in total. The number of rotatable bonds is 6. The zero-order valence-electron chi connectivity index (χ0n) is 13.2. The monoisotopic (exact) mass is 343 g/mol. The second-order valence-corrected chi connectivity index (χ2v) is 6.35. The third kappa shape index (κ3) is 3.83. The number of carbonyl (C=O) groups is 1. The summed E-state index contributed by atoms with van der Waals surface area (Å²) in [5.41, 5.74) is 0.516. The maximum atomic E-state index is 12.0. The van der Waals surface area contributed by atoms with Crippen molar-refractivity contribution >= 4 is 33.3 Å². The van der Waals surface area contributed by atoms with Crippen LogP contribution < -0.4 is 10.9 Å². The van der Waals surface area contributed by atoms with Crippen molar-refractivity contribution in [1.82, 2.24) is 20.2 Å². The van der Waals surface area contributed by atoms with E-state index in [0.717, 1.165) is 11.4 Å². The summed E-state index contributed by atoms with van der Waals surface area (Å²) in [6.07, 6.45) is 2.25. The summed E-state index contributed by atoms with van der Waals surface area (Å²) in [5.74, 6) is 0.479. The molecular weight excluding hydrogens is 326 g/mol. The molecule has 0 fully saturated rings. The molecule has 0 aliphatic heterocycles. The number of hydrogen-bond donors (Lipinski definition) is 2. The fourth-order valence-corrected chi connectivity index (χ4v) is 2.99. The Morgan fingerprint density at radius 1 is 1.29 bits per heavy atom. The SMILES string of the molecule is CCc1nnc(NC(=O)CCCc2nc3ccccc3c(=O)[nH]2)s1. The van der Waals surface area contributed by atoms with Gasteiger partial charge in [0.2, 0.25) is 11.0 Å². The maximum absolute atomic E-state index is 12.0. The number of anilines is 1. The summed E-state index contributed by atoms with van der Waals surface area (Å²) in [6, 6.07) is 7.20. The number of carbonyl (C=O) groups excluding carboxylic acids is 1. The number of aryl methyl sites for hydroxylation is 2. The van der Waals surface area contributed by atoms with Crippen LogP contribution >= 0.6 is 11.3 Å². The first-order valence-corrected chi connectivity index (χ1v) is 8.57. The number of fused-ring (bicyclic) bond motifs is 1. The van der Waals surface area contributed by atoms with Crippen molar-refractivity contribution in [3.8, 4) is 0 Å². The Morgan fingerprint density at radius 2 is 2.12 bits per heavy atom. The van der Waals surface area contributed by atoms with E-state index in [1.165, 1.54) is 11.3 Å². The summed E-state index contributed by atoms with van der Waals surface area (Å²) in [6.45, 7) is 1.99. The molecule has 0 spiro atoms. The Kier molecular flexibility index (Phi) is 4.95. The number of H-pyrrole nitrogens is 1. The van der Waals surface area contributed by atoms with E-state index >= 15 is 0 Å². The third-order valence-electron chi connectivity index (χ3n) is 3.49. The lowest BCUT2D eigenvalue weighted by Gasteiger charge is -2.03. The molecule has 124 valence electrons. The number of para-hydroxylation sites is 1. The Bertz CT molecular complexity index is 918. The van der Waals surface area contributed by atoms with Crippen LogP contribution in [0.3, 0.4) is 0 Å². The molecule has 7 nitrogen and oxygen atoms in total. The molecular formula is C16H17N5O2S. The van der Waals surface area contributed by atoms with Gasteiger partial charge in [-0.1, -0.05) is 30.4 Å². The van der Waals surface area contributed by atoms with Crippen LogP contribution in [0.1, 0.15) is 30.6 Å². The molecule has 0 saturated heterocycles. The molecule has 1 amide bonds. The summed E-state index contributed by atoms with van der Waals surface area (Å²) in [5, 5.41) is 12.6. The third-order valence-corrected chi connectivity index (χ3v) is 4.48. The van der Waals surface area contributed by atoms with Gasteiger partial charge in [-0.05, 0) is 25.0 Å². The van der Waals surface area contributed by atoms with Gasteiger partial charge in [-0.15, -0.1) is 10.2 Å². The van der Waals surface area contributed by atoms with Crippen LogP contribution in [-0.2, 0) is 17.6 Å². The summed E-state index contributed by atoms with van der Waals surface area (Å²) in [4.78, 5) is 31.1. The number of amides is 1. The van der Waals surface area contributed by atoms with Crippen LogP contribution in [0.25, 0.3) is 10.9 Å². The zero-order valence-corrected chi connectivity index (χ0v) is 14.0. The molecule has 24 heavy (non-hydrogen) atoms. The van der Waals surface area contributed by atoms with Gasteiger partial charge in [0.15, 0.2) is 0 Å². The van der Waals surface area contributed by atoms with Crippen molar-refractivity contribution in [3.05, 3.63) is 45.5 Å². The van der Waals surface area contributed by atoms with E-state index in [2.05, 4.69) is 25.5 Å². The van der Waals surface area contributed by atoms with Gasteiger partial charge in [-0.2, -0.15) is 0 Å². The van der Waals surface area contributed by atoms with Crippen LogP contribution in [0, 0.1) is 0 Å². The second kappa shape index (κ2) is 7.31. The van der Waals surface area contributed by atoms with E-state index in [9.17, 15) is 9.59 Å². The number of benzene rings is 1. The average Bonchev–Trinajstić information content (AvgIpc) is 3.02. The second-order valence-electron chi connectivity index (χ2n) is 5.29. The van der Waals surface area contributed by atoms with Crippen LogP contribution in [0.5, 0.6) is 0 Å². The molecule has 0 radical (unpaired) electrons. The summed E-state index contributed by atoms with van der Waals surface area (Å²) >= 11 is 1.38. The van der Waals surface area contributed by atoms with Gasteiger partial charge in [0, 0.05) is 12.8 Å². The van der Waals surface area contributed by atoms with E-state index < -0.39 is 0 Å². The van der Waals surface area contributed by atoms with Crippen molar-refractivity contribution in [3.63, 3.8) is 0 Å². The molecule has 3 aromatic rings. The highest BCUT2D eigenvalue weighted by atomic mass is 32.1. The van der Waals surface area contributed by atoms with Crippen molar-refractivity contribution in [1.29, 1.82) is 0 Å². The van der Waals surface area contributed by atoms with E-state index in [1.807, 2.05) is 19.1 Å². The molecule has 3 rings (SSSR count). The van der Waals surface area contributed by atoms with Crippen LogP contribution in [0.2, 0.25) is 0 Å². The van der Waals surface area contributed by atoms with E-state index in [-0.39, 0.29) is 11.5 Å². The molecule has 1 aromatic carbocycles. The fraction of sp³-hybridized carbons (Fsp3) is 0.312. The highest BCUT2D eigenvalue weighted by Gasteiger charge is 2.08. The predicted octanol–water partition coefficient (Wildman–Crippen LogP) is 2.30. The fourth-order valence-electron chi connectivity index (χ4n) is 2.30. The van der Waals surface area contributed by atoms with Crippen LogP contribution in [0.15, 0.2) is 29.1 Å². The Morgan fingerprint density at radius 3 is 2.92 bits per heavy atom. The van der Waals surface area contributed by atoms with Crippen molar-refractivity contribution < 1.29 is 4.79 Å². The van der Waals surface area contributed by atoms with Gasteiger partial charge >= 0.3 is 0 Å². The number of nitrogens with one attached hydrogen (secondary N) is 2. The zero-order chi connectivity index (χ0) is 16.9. The highest BCUT2D eigenvalue weighted by molar-refractivity contribution is 7.15. The molecule has 2 heterocycles. The van der Waals surface area contributed by atoms with Gasteiger partial charge in [-0.3, -0.25) is 9.59 Å². The lowest BCUT2D eigenvalue weighted by atomic mass is 10.2. The summed E-state index contributed by atoms with van der Waals surface area (Å²) in [7, 11) is 0. The van der Waals surface area contributed by atoms with Crippen LogP contribution in [0.4, 0.5) is 5.13 Å². The first-order chi connectivity index (χ1) is 11.7. The van der Waals surface area contributed by atoms with E-state index in [4.69, 9.17) is 0 Å². The standard InChI is InChI=1S/C16H17N5O2S/c1-2-14-20-21-16(24-14)19-13(22)9-5-8-12-17-11-7-4-3-6-10(11)15(23)18-12/h3-4,6-7H,2,5,8-9H2,1H3,(H,17,18,23)(H,19,21,22). The predicted molar refractivity (Wildman–Crippen MR) is 93.2 cm³/mol. The topological polar surface area (TPSA) is 101 Å². The van der Waals surface area contributed by atoms with Gasteiger partial charge in [0.1, 0.15) is 10.8 Å². The molecule has 0 aliphatic rings. The molecule has 0 aliphatic carbocycles. The minimum Gasteiger partial charge on any atom is -0.310 e. The van der Waals surface area contributed by atoms with Crippen molar-refractivity contribution in [2.45, 2.75) is 32.6 Å². The molecule has 0 saturated carbocycles. The van der Waals surface area contributed by atoms with Crippen LogP contribution in [-0.4, -0.2) is 26.1 Å². The van der Waals surface area contributed by atoms with Crippen molar-refractivity contribution in [2.75, 3.05) is 5.32 Å². The first-order valence-electron chi connectivity index (χ1n) is 7.76. The minimum atomic E-state index is -0.152. The normalized spacial score (nSPS) is 10.9. The smallest absolute Gasteiger partial charge is 0.258 e. The number of hydrogen-bond acceptors (Lipinski definition) is 6. The largest absolute Gasteiger partial charge is 0.310 e. The lowest BCUT2D eigenvalue weighted by Crippen LogP contribution is -2.14. The van der Waals surface area contributed by atoms with Gasteiger partial charge in [0.05, 0.1) is 10.9 Å². The number of nitrogens with zero attached hydrogens (tertiary/aromatic N) is 3. The maximum Gasteiger partial charge on any atom is 0.258 e. The van der Waals surface area contributed by atoms with E-state index in [1.54, 1.807) is 12.1 Å². The highest BCUT2D eigenvalue weighted by Crippen LogP contribution is 2.16. The van der Waals surface area contributed by atoms with Gasteiger partial charge in [-0.25, -0.2) is 4.98 Å². The molecule has 0 bridgehead atoms. The van der Waals surface area contributed by atoms with Gasteiger partial charge in [0.25, 0.3) is 5.56 Å². The average molecular weight is 343 g/mol. The Hall–Kier alpha value is -2.61. The van der Waals surface area contributed by atoms with Gasteiger partial charge < -0.3 is 10.3 Å². The first kappa shape index (κ1) is 16.3. The number of aromatic amines is 1. The van der Waals surface area contributed by atoms with Crippen molar-refractivity contribution in [2.24, 2.45) is 0 Å². The molecule has 8 heteroatoms. The molecule has 0 atom stereocenters. The minimum absolute atomic E-state index is 0.114. The molecule has 0 unspecified atom stereocenters. The quantitative estimate of drug-likeness (QED) is 0.715. The molecule has 2 aromatic heterocycles. The van der Waals surface area contributed by atoms with E-state index in [0.29, 0.717) is 41.1 Å². The Balaban J connectivity index is 1.56. The Labute approximate surface area is 142 Å². The lowest BCUT2D eigenvalue weighted by molar-refractivity contribution is -0.116. The number of aromatic nitrogens is 4.